The van der Waals surface area contributed by atoms with Gasteiger partial charge in [-0.3, -0.25) is 0 Å². The van der Waals surface area contributed by atoms with Crippen LogP contribution in [-0.4, -0.2) is 0 Å². The van der Waals surface area contributed by atoms with E-state index in [2.05, 4.69) is 24.9 Å². The van der Waals surface area contributed by atoms with Crippen molar-refractivity contribution in [3.05, 3.63) is 0 Å². The fourth-order valence-electron chi connectivity index (χ4n) is 0. The Morgan fingerprint density at radius 1 is 1.25 bits per heavy atom. The molecule has 0 nitrogen and oxygen atoms in total. The van der Waals surface area contributed by atoms with Crippen molar-refractivity contribution in [3.63, 3.8) is 0 Å². The van der Waals surface area contributed by atoms with Crippen LogP contribution in [0.5, 0.6) is 0 Å². The SMILES string of the molecule is C.[Co].[S]=[Fe]. The van der Waals surface area contributed by atoms with Gasteiger partial charge in [0.2, 0.25) is 0 Å². The Bertz CT molecular complexity index is 8.00. The molecule has 0 unspecified atom stereocenters. The summed E-state index contributed by atoms with van der Waals surface area (Å²) >= 11 is 2.83. The van der Waals surface area contributed by atoms with Crippen LogP contribution in [0.3, 0.4) is 0 Å². The summed E-state index contributed by atoms with van der Waals surface area (Å²) < 4.78 is 0. The second-order valence-corrected chi connectivity index (χ2v) is 0. The molecule has 0 saturated carbocycles. The van der Waals surface area contributed by atoms with Crippen molar-refractivity contribution in [1.29, 1.82) is 0 Å². The summed E-state index contributed by atoms with van der Waals surface area (Å²) in [6.07, 6.45) is 0. The van der Waals surface area contributed by atoms with E-state index in [1.54, 1.807) is 0 Å². The zero-order valence-electron chi connectivity index (χ0n) is 1.10. The molecule has 3 heteroatoms. The Morgan fingerprint density at radius 3 is 1.25 bits per heavy atom. The quantitative estimate of drug-likeness (QED) is 0.484. The van der Waals surface area contributed by atoms with Crippen LogP contribution in [0.2, 0.25) is 0 Å². The van der Waals surface area contributed by atoms with E-state index in [1.807, 2.05) is 0 Å². The van der Waals surface area contributed by atoms with Crippen LogP contribution in [0, 0.1) is 0 Å². The standard InChI is InChI=1S/CH4.Co.Fe.S/h1H4;;;. The van der Waals surface area contributed by atoms with Crippen LogP contribution in [0.1, 0.15) is 7.43 Å². The molecular formula is CH4CoFeS. The maximum atomic E-state index is 3.83. The van der Waals surface area contributed by atoms with Gasteiger partial charge >= 0.3 is 24.9 Å². The molecule has 0 amide bonds. The summed E-state index contributed by atoms with van der Waals surface area (Å²) in [4.78, 5) is 0. The summed E-state index contributed by atoms with van der Waals surface area (Å²) in [5.41, 5.74) is 0. The van der Waals surface area contributed by atoms with E-state index in [0.717, 1.165) is 0 Å². The molecule has 0 spiro atoms. The van der Waals surface area contributed by atoms with Crippen LogP contribution in [0.25, 0.3) is 0 Å². The number of hydrogen-bond acceptors (Lipinski definition) is 1. The molecule has 0 aromatic carbocycles. The van der Waals surface area contributed by atoms with E-state index in [4.69, 9.17) is 0 Å². The average Bonchev–Trinajstić information content (AvgIpc) is 1.00. The third kappa shape index (κ3) is 10.5. The topological polar surface area (TPSA) is 0 Å². The van der Waals surface area contributed by atoms with E-state index in [1.165, 1.54) is 0 Å². The molecule has 0 heterocycles. The Balaban J connectivity index is -0.00000000500. The Morgan fingerprint density at radius 2 is 1.25 bits per heavy atom. The van der Waals surface area contributed by atoms with Gasteiger partial charge in [0.15, 0.2) is 0 Å². The Hall–Kier alpha value is 1.25. The van der Waals surface area contributed by atoms with Gasteiger partial charge in [-0.1, -0.05) is 7.43 Å². The molecule has 0 aliphatic heterocycles. The molecule has 0 aliphatic rings. The first-order chi connectivity index (χ1) is 1.00. The van der Waals surface area contributed by atoms with E-state index in [9.17, 15) is 0 Å². The van der Waals surface area contributed by atoms with Crippen molar-refractivity contribution < 1.29 is 31.2 Å². The van der Waals surface area contributed by atoms with Crippen LogP contribution in [0.4, 0.5) is 0 Å². The van der Waals surface area contributed by atoms with Gasteiger partial charge in [-0.05, 0) is 0 Å². The normalized spacial score (nSPS) is 1.25. The Labute approximate surface area is 49.2 Å². The van der Waals surface area contributed by atoms with Crippen molar-refractivity contribution in [2.75, 3.05) is 0 Å². The second-order valence-electron chi connectivity index (χ2n) is 0. The van der Waals surface area contributed by atoms with Gasteiger partial charge in [-0.15, -0.1) is 0 Å². The first kappa shape index (κ1) is 18.7. The fraction of sp³-hybridized carbons (Fsp3) is 1.00. The molecule has 0 fully saturated rings. The van der Waals surface area contributed by atoms with Gasteiger partial charge in [0, 0.05) is 16.8 Å². The number of rotatable bonds is 0. The molecule has 31 valence electrons. The van der Waals surface area contributed by atoms with Crippen molar-refractivity contribution in [1.82, 2.24) is 0 Å². The van der Waals surface area contributed by atoms with Crippen molar-refractivity contribution >= 4 is 10.6 Å². The molecule has 0 aliphatic carbocycles. The molecule has 0 rings (SSSR count). The van der Waals surface area contributed by atoms with Gasteiger partial charge in [0.1, 0.15) is 0 Å². The van der Waals surface area contributed by atoms with E-state index in [0.29, 0.717) is 0 Å². The molecule has 0 aromatic heterocycles. The van der Waals surface area contributed by atoms with Crippen molar-refractivity contribution in [3.8, 4) is 0 Å². The summed E-state index contributed by atoms with van der Waals surface area (Å²) in [7, 11) is 3.83. The van der Waals surface area contributed by atoms with Gasteiger partial charge in [0.05, 0.1) is 0 Å². The maximum absolute atomic E-state index is 3.83. The minimum absolute atomic E-state index is 0. The van der Waals surface area contributed by atoms with Crippen LogP contribution < -0.4 is 0 Å². The zero-order chi connectivity index (χ0) is 2.00. The van der Waals surface area contributed by atoms with Gasteiger partial charge in [0.25, 0.3) is 0 Å². The van der Waals surface area contributed by atoms with Gasteiger partial charge in [-0.25, -0.2) is 0 Å². The van der Waals surface area contributed by atoms with E-state index in [-0.39, 0.29) is 24.2 Å². The molecule has 4 heavy (non-hydrogen) atoms. The van der Waals surface area contributed by atoms with Crippen LogP contribution in [-0.2, 0) is 31.2 Å². The van der Waals surface area contributed by atoms with Crippen molar-refractivity contribution in [2.45, 2.75) is 7.43 Å². The molecule has 0 saturated heterocycles. The first-order valence-corrected chi connectivity index (χ1v) is 1.79. The summed E-state index contributed by atoms with van der Waals surface area (Å²) in [5.74, 6) is 0. The summed E-state index contributed by atoms with van der Waals surface area (Å²) in [5, 5.41) is 0. The molecule has 1 radical (unpaired) electrons. The second kappa shape index (κ2) is 28.8. The van der Waals surface area contributed by atoms with Gasteiger partial charge in [-0.2, -0.15) is 0 Å². The molecule has 0 aromatic rings. The van der Waals surface area contributed by atoms with E-state index >= 15 is 0 Å². The Kier molecular flexibility index (Phi) is 135. The van der Waals surface area contributed by atoms with Gasteiger partial charge < -0.3 is 0 Å². The summed E-state index contributed by atoms with van der Waals surface area (Å²) in [6, 6.07) is 0. The third-order valence-corrected chi connectivity index (χ3v) is 0. The third-order valence-electron chi connectivity index (χ3n) is 0. The summed E-state index contributed by atoms with van der Waals surface area (Å²) in [6.45, 7) is 0. The molecule has 0 atom stereocenters. The monoisotopic (exact) mass is 163 g/mol. The molecule has 0 bridgehead atoms. The molecular weight excluding hydrogens is 159 g/mol. The molecule has 0 N–H and O–H groups in total. The van der Waals surface area contributed by atoms with Crippen molar-refractivity contribution in [2.24, 2.45) is 0 Å². The minimum atomic E-state index is 0. The predicted octanol–water partition coefficient (Wildman–Crippen LogP) is 1.28. The zero-order valence-corrected chi connectivity index (χ0v) is 4.06. The number of hydrogen-bond donors (Lipinski definition) is 0. The average molecular weight is 163 g/mol. The van der Waals surface area contributed by atoms with Crippen LogP contribution >= 0.6 is 10.6 Å². The fourth-order valence-corrected chi connectivity index (χ4v) is 0. The van der Waals surface area contributed by atoms with Crippen LogP contribution in [0.15, 0.2) is 0 Å². The predicted molar refractivity (Wildman–Crippen MR) is 14.3 cm³/mol. The van der Waals surface area contributed by atoms with E-state index < -0.39 is 0 Å². The first-order valence-electron chi connectivity index (χ1n) is 0.144.